The van der Waals surface area contributed by atoms with E-state index in [2.05, 4.69) is 17.2 Å². The van der Waals surface area contributed by atoms with Crippen LogP contribution in [0.4, 0.5) is 0 Å². The number of carbonyl (C=O) groups excluding carboxylic acids is 1. The molecule has 2 N–H and O–H groups in total. The Balaban J connectivity index is 1.90. The molecule has 2 rings (SSSR count). The molecule has 152 valence electrons. The second-order valence-corrected chi connectivity index (χ2v) is 7.84. The fourth-order valence-corrected chi connectivity index (χ4v) is 3.29. The summed E-state index contributed by atoms with van der Waals surface area (Å²) in [6.07, 6.45) is 0.963. The average Bonchev–Trinajstić information content (AvgIpc) is 2.68. The van der Waals surface area contributed by atoms with Gasteiger partial charge in [-0.3, -0.25) is 10.2 Å². The number of aryl methyl sites for hydroxylation is 1. The zero-order chi connectivity index (χ0) is 20.6. The van der Waals surface area contributed by atoms with Crippen LogP contribution in [-0.2, 0) is 21.2 Å². The van der Waals surface area contributed by atoms with Crippen molar-refractivity contribution in [2.45, 2.75) is 44.6 Å². The molecule has 0 spiro atoms. The molecular formula is C20H26N2O5S. The van der Waals surface area contributed by atoms with Crippen molar-refractivity contribution in [3.63, 3.8) is 0 Å². The molecule has 0 aromatic heterocycles. The molecule has 8 heteroatoms. The number of rotatable bonds is 10. The quantitative estimate of drug-likeness (QED) is 0.592. The number of hydrogen-bond acceptors (Lipinski definition) is 5. The molecule has 0 heterocycles. The van der Waals surface area contributed by atoms with Gasteiger partial charge in [0.2, 0.25) is 0 Å². The lowest BCUT2D eigenvalue weighted by molar-refractivity contribution is -0.127. The van der Waals surface area contributed by atoms with Crippen molar-refractivity contribution in [1.82, 2.24) is 10.3 Å². The summed E-state index contributed by atoms with van der Waals surface area (Å²) in [4.78, 5) is 14.3. The third-order valence-corrected chi connectivity index (χ3v) is 5.16. The Labute approximate surface area is 166 Å². The van der Waals surface area contributed by atoms with Gasteiger partial charge in [0.25, 0.3) is 15.9 Å². The van der Waals surface area contributed by atoms with Crippen LogP contribution in [0.3, 0.4) is 0 Å². The highest BCUT2D eigenvalue weighted by Crippen LogP contribution is 2.18. The van der Waals surface area contributed by atoms with Crippen LogP contribution in [0.2, 0.25) is 0 Å². The van der Waals surface area contributed by atoms with Crippen LogP contribution in [-0.4, -0.2) is 27.0 Å². The number of hydrogen-bond donors (Lipinski definition) is 2. The number of carbonyl (C=O) groups is 1. The van der Waals surface area contributed by atoms with Crippen molar-refractivity contribution >= 4 is 15.9 Å². The smallest absolute Gasteiger partial charge is 0.275 e. The first kappa shape index (κ1) is 21.7. The molecule has 0 aliphatic carbocycles. The lowest BCUT2D eigenvalue weighted by Gasteiger charge is -2.15. The molecule has 0 saturated carbocycles. The zero-order valence-electron chi connectivity index (χ0n) is 16.3. The van der Waals surface area contributed by atoms with Crippen LogP contribution < -0.4 is 19.7 Å². The molecule has 0 aliphatic heterocycles. The molecule has 0 bridgehead atoms. The summed E-state index contributed by atoms with van der Waals surface area (Å²) >= 11 is 0. The monoisotopic (exact) mass is 406 g/mol. The minimum absolute atomic E-state index is 0.0766. The zero-order valence-corrected chi connectivity index (χ0v) is 17.1. The molecule has 7 nitrogen and oxygen atoms in total. The van der Waals surface area contributed by atoms with E-state index in [9.17, 15) is 13.2 Å². The number of nitrogens with one attached hydrogen (secondary N) is 2. The number of hydrazine groups is 1. The van der Waals surface area contributed by atoms with Crippen LogP contribution in [0.15, 0.2) is 53.4 Å². The molecule has 0 aliphatic rings. The predicted molar refractivity (Wildman–Crippen MR) is 107 cm³/mol. The van der Waals surface area contributed by atoms with Crippen molar-refractivity contribution in [1.29, 1.82) is 0 Å². The van der Waals surface area contributed by atoms with Gasteiger partial charge < -0.3 is 9.47 Å². The Bertz CT molecular complexity index is 864. The normalized spacial score (nSPS) is 12.2. The molecule has 0 unspecified atom stereocenters. The fourth-order valence-electron chi connectivity index (χ4n) is 2.44. The summed E-state index contributed by atoms with van der Waals surface area (Å²) in [6.45, 7) is 6.02. The Hall–Kier alpha value is -2.58. The second-order valence-electron chi connectivity index (χ2n) is 6.15. The van der Waals surface area contributed by atoms with Gasteiger partial charge in [0.1, 0.15) is 11.5 Å². The van der Waals surface area contributed by atoms with Gasteiger partial charge in [-0.25, -0.2) is 8.42 Å². The first-order valence-electron chi connectivity index (χ1n) is 9.15. The largest absolute Gasteiger partial charge is 0.494 e. The van der Waals surface area contributed by atoms with Crippen LogP contribution in [0, 0.1) is 0 Å². The lowest BCUT2D eigenvalue weighted by Crippen LogP contribution is -2.47. The Morgan fingerprint density at radius 2 is 1.61 bits per heavy atom. The van der Waals surface area contributed by atoms with E-state index in [1.807, 2.05) is 6.92 Å². The summed E-state index contributed by atoms with van der Waals surface area (Å²) < 4.78 is 35.5. The summed E-state index contributed by atoms with van der Waals surface area (Å²) in [5.41, 5.74) is 3.24. The first-order chi connectivity index (χ1) is 13.4. The summed E-state index contributed by atoms with van der Waals surface area (Å²) in [7, 11) is -3.86. The maximum Gasteiger partial charge on any atom is 0.275 e. The van der Waals surface area contributed by atoms with Crippen molar-refractivity contribution in [3.8, 4) is 11.5 Å². The molecule has 28 heavy (non-hydrogen) atoms. The van der Waals surface area contributed by atoms with Crippen LogP contribution in [0.1, 0.15) is 32.8 Å². The van der Waals surface area contributed by atoms with Gasteiger partial charge in [-0.15, -0.1) is 4.83 Å². The Morgan fingerprint density at radius 3 is 2.18 bits per heavy atom. The third kappa shape index (κ3) is 6.24. The molecule has 0 saturated heterocycles. The van der Waals surface area contributed by atoms with E-state index in [0.717, 1.165) is 18.4 Å². The van der Waals surface area contributed by atoms with E-state index in [1.54, 1.807) is 36.4 Å². The molecular weight excluding hydrogens is 380 g/mol. The van der Waals surface area contributed by atoms with Gasteiger partial charge in [-0.2, -0.15) is 0 Å². The maximum atomic E-state index is 12.3. The minimum atomic E-state index is -3.86. The summed E-state index contributed by atoms with van der Waals surface area (Å²) in [6, 6.07) is 13.4. The highest BCUT2D eigenvalue weighted by molar-refractivity contribution is 7.89. The standard InChI is InChI=1S/C20H26N2O5S/c1-4-6-16-7-13-19(14-8-16)28(24,25)22-21-20(23)15(3)27-18-11-9-17(10-12-18)26-5-2/h7-15,22H,4-6H2,1-3H3,(H,21,23)/t15-/m0/s1. The lowest BCUT2D eigenvalue weighted by atomic mass is 10.1. The SMILES string of the molecule is CCCc1ccc(S(=O)(=O)NNC(=O)[C@H](C)Oc2ccc(OCC)cc2)cc1. The van der Waals surface area contributed by atoms with Crippen molar-refractivity contribution < 1.29 is 22.7 Å². The molecule has 1 amide bonds. The minimum Gasteiger partial charge on any atom is -0.494 e. The van der Waals surface area contributed by atoms with Crippen LogP contribution in [0.5, 0.6) is 11.5 Å². The topological polar surface area (TPSA) is 93.7 Å². The third-order valence-electron chi connectivity index (χ3n) is 3.90. The van der Waals surface area contributed by atoms with Crippen molar-refractivity contribution in [3.05, 3.63) is 54.1 Å². The average molecular weight is 407 g/mol. The predicted octanol–water partition coefficient (Wildman–Crippen LogP) is 2.81. The summed E-state index contributed by atoms with van der Waals surface area (Å²) in [5.74, 6) is 0.560. The summed E-state index contributed by atoms with van der Waals surface area (Å²) in [5, 5.41) is 0. The maximum absolute atomic E-state index is 12.3. The van der Waals surface area contributed by atoms with Gasteiger partial charge in [-0.1, -0.05) is 25.5 Å². The van der Waals surface area contributed by atoms with E-state index in [-0.39, 0.29) is 4.90 Å². The second kappa shape index (κ2) is 10.1. The number of sulfonamides is 1. The highest BCUT2D eigenvalue weighted by Gasteiger charge is 2.19. The molecule has 0 fully saturated rings. The van der Waals surface area contributed by atoms with Gasteiger partial charge in [-0.05, 0) is 62.2 Å². The molecule has 1 atom stereocenters. The van der Waals surface area contributed by atoms with E-state index >= 15 is 0 Å². The number of benzene rings is 2. The van der Waals surface area contributed by atoms with Gasteiger partial charge in [0, 0.05) is 0 Å². The van der Waals surface area contributed by atoms with Gasteiger partial charge in [0.05, 0.1) is 11.5 Å². The van der Waals surface area contributed by atoms with E-state index in [4.69, 9.17) is 9.47 Å². The van der Waals surface area contributed by atoms with Gasteiger partial charge >= 0.3 is 0 Å². The van der Waals surface area contributed by atoms with Gasteiger partial charge in [0.15, 0.2) is 6.10 Å². The number of ether oxygens (including phenoxy) is 2. The van der Waals surface area contributed by atoms with Crippen molar-refractivity contribution in [2.75, 3.05) is 6.61 Å². The van der Waals surface area contributed by atoms with Crippen LogP contribution >= 0.6 is 0 Å². The van der Waals surface area contributed by atoms with Crippen LogP contribution in [0.25, 0.3) is 0 Å². The van der Waals surface area contributed by atoms with E-state index in [1.165, 1.54) is 19.1 Å². The highest BCUT2D eigenvalue weighted by atomic mass is 32.2. The number of amides is 1. The van der Waals surface area contributed by atoms with E-state index < -0.39 is 22.0 Å². The molecule has 0 radical (unpaired) electrons. The first-order valence-corrected chi connectivity index (χ1v) is 10.6. The molecule has 2 aromatic rings. The Kier molecular flexibility index (Phi) is 7.83. The fraction of sp³-hybridized carbons (Fsp3) is 0.350. The Morgan fingerprint density at radius 1 is 1.00 bits per heavy atom. The van der Waals surface area contributed by atoms with Crippen molar-refractivity contribution in [2.24, 2.45) is 0 Å². The van der Waals surface area contributed by atoms with E-state index in [0.29, 0.717) is 18.1 Å². The molecule has 2 aromatic carbocycles.